The monoisotopic (exact) mass is 392 g/mol. The number of epoxide rings is 2. The number of rotatable bonds is 3. The largest absolute Gasteiger partial charge is 0.466 e. The van der Waals surface area contributed by atoms with Crippen molar-refractivity contribution < 1.29 is 28.5 Å². The summed E-state index contributed by atoms with van der Waals surface area (Å²) in [5, 5.41) is 0. The predicted octanol–water partition coefficient (Wildman–Crippen LogP) is 3.49. The van der Waals surface area contributed by atoms with E-state index in [4.69, 9.17) is 18.9 Å². The van der Waals surface area contributed by atoms with Crippen LogP contribution in [0.2, 0.25) is 0 Å². The topological polar surface area (TPSA) is 77.7 Å². The molecule has 2 heterocycles. The van der Waals surface area contributed by atoms with Crippen molar-refractivity contribution in [1.29, 1.82) is 0 Å². The molecule has 3 rings (SSSR count). The molecular weight excluding hydrogens is 360 g/mol. The number of ether oxygens (including phenoxy) is 4. The van der Waals surface area contributed by atoms with Gasteiger partial charge in [-0.2, -0.15) is 0 Å². The van der Waals surface area contributed by atoms with E-state index in [9.17, 15) is 9.59 Å². The van der Waals surface area contributed by atoms with Crippen LogP contribution in [0.4, 0.5) is 0 Å². The lowest BCUT2D eigenvalue weighted by Gasteiger charge is -2.18. The number of allylic oxidation sites excluding steroid dienone is 1. The minimum absolute atomic E-state index is 0.119. The molecule has 0 N–H and O–H groups in total. The molecule has 0 unspecified atom stereocenters. The van der Waals surface area contributed by atoms with Crippen LogP contribution in [0.1, 0.15) is 59.3 Å². The normalized spacial score (nSPS) is 39.2. The average Bonchev–Trinajstić information content (AvgIpc) is 3.55. The van der Waals surface area contributed by atoms with Crippen molar-refractivity contribution >= 4 is 11.9 Å². The Morgan fingerprint density at radius 3 is 2.39 bits per heavy atom. The van der Waals surface area contributed by atoms with E-state index in [1.807, 2.05) is 12.2 Å². The molecule has 0 spiro atoms. The fraction of sp³-hybridized carbons (Fsp3) is 0.727. The van der Waals surface area contributed by atoms with Gasteiger partial charge in [-0.3, -0.25) is 0 Å². The average molecular weight is 392 g/mol. The minimum atomic E-state index is -0.360. The van der Waals surface area contributed by atoms with Crippen LogP contribution in [0.3, 0.4) is 0 Å². The van der Waals surface area contributed by atoms with Gasteiger partial charge in [0.15, 0.2) is 0 Å². The van der Waals surface area contributed by atoms with Crippen LogP contribution in [0.25, 0.3) is 0 Å². The van der Waals surface area contributed by atoms with Crippen molar-refractivity contribution in [1.82, 2.24) is 0 Å². The Kier molecular flexibility index (Phi) is 6.01. The number of carbonyl (C=O) groups is 2. The molecule has 1 aliphatic carbocycles. The summed E-state index contributed by atoms with van der Waals surface area (Å²) in [7, 11) is 2.82. The Bertz CT molecular complexity index is 693. The molecule has 2 fully saturated rings. The molecule has 0 amide bonds. The molecule has 0 aromatic carbocycles. The van der Waals surface area contributed by atoms with Gasteiger partial charge < -0.3 is 18.9 Å². The maximum Gasteiger partial charge on any atom is 0.333 e. The minimum Gasteiger partial charge on any atom is -0.466 e. The summed E-state index contributed by atoms with van der Waals surface area (Å²) in [5.41, 5.74) is 0.780. The Morgan fingerprint density at radius 1 is 1.07 bits per heavy atom. The molecule has 3 aliphatic rings. The van der Waals surface area contributed by atoms with E-state index < -0.39 is 0 Å². The van der Waals surface area contributed by atoms with E-state index in [0.717, 1.165) is 19.3 Å². The molecule has 0 radical (unpaired) electrons. The Hall–Kier alpha value is -1.66. The Labute approximate surface area is 167 Å². The SMILES string of the molecule is COC(=O)/C1=C\[C@@H]2O[C@@]2(C(C)C)CC/C(C(=O)OC)=C/CC[C@]2(C)O[C@@H]2CC1. The molecule has 0 bridgehead atoms. The van der Waals surface area contributed by atoms with Gasteiger partial charge in [0, 0.05) is 11.1 Å². The standard InChI is InChI=1S/C22H32O6/c1-14(2)22-12-10-15(19(23)25-4)7-6-11-21(3)17(27-21)9-8-16(20(24)26-5)13-18(22)28-22/h7,13-14,17-18H,6,8-12H2,1-5H3/b15-7-,16-13-/t17-,18+,21+,22-/m1/s1. The van der Waals surface area contributed by atoms with Crippen LogP contribution >= 0.6 is 0 Å². The third-order valence-electron chi connectivity index (χ3n) is 6.52. The van der Waals surface area contributed by atoms with Gasteiger partial charge in [0.2, 0.25) is 0 Å². The maximum atomic E-state index is 12.3. The maximum absolute atomic E-state index is 12.3. The third-order valence-corrected chi connectivity index (χ3v) is 6.52. The van der Waals surface area contributed by atoms with E-state index in [0.29, 0.717) is 30.4 Å². The van der Waals surface area contributed by atoms with Gasteiger partial charge >= 0.3 is 11.9 Å². The third kappa shape index (κ3) is 4.18. The van der Waals surface area contributed by atoms with Crippen molar-refractivity contribution in [3.8, 4) is 0 Å². The zero-order valence-corrected chi connectivity index (χ0v) is 17.6. The summed E-state index contributed by atoms with van der Waals surface area (Å²) in [6, 6.07) is 0. The summed E-state index contributed by atoms with van der Waals surface area (Å²) < 4.78 is 22.0. The lowest BCUT2D eigenvalue weighted by atomic mass is 9.84. The highest BCUT2D eigenvalue weighted by Gasteiger charge is 2.57. The molecule has 4 atom stereocenters. The number of fused-ring (bicyclic) bond motifs is 2. The van der Waals surface area contributed by atoms with E-state index >= 15 is 0 Å². The van der Waals surface area contributed by atoms with Gasteiger partial charge in [-0.25, -0.2) is 9.59 Å². The fourth-order valence-corrected chi connectivity index (χ4v) is 4.34. The summed E-state index contributed by atoms with van der Waals surface area (Å²) in [6.07, 6.45) is 8.16. The highest BCUT2D eigenvalue weighted by atomic mass is 16.6. The Morgan fingerprint density at radius 2 is 1.75 bits per heavy atom. The van der Waals surface area contributed by atoms with Gasteiger partial charge in [0.1, 0.15) is 11.7 Å². The van der Waals surface area contributed by atoms with Crippen LogP contribution in [0, 0.1) is 5.92 Å². The first-order valence-electron chi connectivity index (χ1n) is 10.2. The van der Waals surface area contributed by atoms with Crippen LogP contribution in [0.15, 0.2) is 23.3 Å². The van der Waals surface area contributed by atoms with Crippen LogP contribution in [0.5, 0.6) is 0 Å². The first kappa shape index (κ1) is 21.1. The summed E-state index contributed by atoms with van der Waals surface area (Å²) in [5.74, 6) is -0.334. The molecule has 28 heavy (non-hydrogen) atoms. The summed E-state index contributed by atoms with van der Waals surface area (Å²) in [6.45, 7) is 6.31. The number of methoxy groups -OCH3 is 2. The number of carbonyl (C=O) groups excluding carboxylic acids is 2. The predicted molar refractivity (Wildman–Crippen MR) is 104 cm³/mol. The zero-order chi connectivity index (χ0) is 20.5. The van der Waals surface area contributed by atoms with E-state index in [2.05, 4.69) is 20.8 Å². The highest BCUT2D eigenvalue weighted by molar-refractivity contribution is 5.89. The highest BCUT2D eigenvalue weighted by Crippen LogP contribution is 2.49. The van der Waals surface area contributed by atoms with Crippen LogP contribution in [-0.2, 0) is 28.5 Å². The first-order chi connectivity index (χ1) is 13.3. The summed E-state index contributed by atoms with van der Waals surface area (Å²) >= 11 is 0. The molecule has 2 aliphatic heterocycles. The molecule has 0 saturated carbocycles. The Balaban J connectivity index is 1.86. The smallest absolute Gasteiger partial charge is 0.333 e. The van der Waals surface area contributed by atoms with Crippen LogP contribution in [-0.4, -0.2) is 49.6 Å². The van der Waals surface area contributed by atoms with Gasteiger partial charge in [-0.05, 0) is 57.4 Å². The van der Waals surface area contributed by atoms with Gasteiger partial charge in [0.05, 0.1) is 25.9 Å². The van der Waals surface area contributed by atoms with Crippen molar-refractivity contribution in [3.63, 3.8) is 0 Å². The molecule has 0 aromatic heterocycles. The zero-order valence-electron chi connectivity index (χ0n) is 17.6. The molecule has 6 heteroatoms. The van der Waals surface area contributed by atoms with Gasteiger partial charge in [-0.15, -0.1) is 0 Å². The molecule has 156 valence electrons. The van der Waals surface area contributed by atoms with Crippen molar-refractivity contribution in [2.45, 2.75) is 82.7 Å². The number of hydrogen-bond acceptors (Lipinski definition) is 6. The number of esters is 2. The quantitative estimate of drug-likeness (QED) is 0.540. The van der Waals surface area contributed by atoms with Crippen molar-refractivity contribution in [2.24, 2.45) is 5.92 Å². The van der Waals surface area contributed by atoms with Crippen LogP contribution < -0.4 is 0 Å². The molecule has 2 saturated heterocycles. The number of hydrogen-bond donors (Lipinski definition) is 0. The second-order valence-corrected chi connectivity index (χ2v) is 8.55. The lowest BCUT2D eigenvalue weighted by Crippen LogP contribution is -2.24. The lowest BCUT2D eigenvalue weighted by molar-refractivity contribution is -0.137. The van der Waals surface area contributed by atoms with E-state index in [1.165, 1.54) is 14.2 Å². The fourth-order valence-electron chi connectivity index (χ4n) is 4.34. The van der Waals surface area contributed by atoms with Gasteiger partial charge in [0.25, 0.3) is 0 Å². The van der Waals surface area contributed by atoms with Crippen molar-refractivity contribution in [3.05, 3.63) is 23.3 Å². The summed E-state index contributed by atoms with van der Waals surface area (Å²) in [4.78, 5) is 24.5. The first-order valence-corrected chi connectivity index (χ1v) is 10.2. The molecule has 6 nitrogen and oxygen atoms in total. The second-order valence-electron chi connectivity index (χ2n) is 8.55. The van der Waals surface area contributed by atoms with E-state index in [-0.39, 0.29) is 41.3 Å². The van der Waals surface area contributed by atoms with Gasteiger partial charge in [-0.1, -0.05) is 19.9 Å². The molecule has 0 aromatic rings. The van der Waals surface area contributed by atoms with E-state index in [1.54, 1.807) is 0 Å². The second kappa shape index (κ2) is 7.99. The molecular formula is C22H32O6. The van der Waals surface area contributed by atoms with Crippen molar-refractivity contribution in [2.75, 3.05) is 14.2 Å².